The molecule has 1 aromatic heterocycles. The molecule has 1 aromatic carbocycles. The van der Waals surface area contributed by atoms with Gasteiger partial charge < -0.3 is 0 Å². The summed E-state index contributed by atoms with van der Waals surface area (Å²) in [7, 11) is -1.30. The van der Waals surface area contributed by atoms with Gasteiger partial charge in [0.1, 0.15) is 8.07 Å². The fourth-order valence-corrected chi connectivity index (χ4v) is 2.42. The van der Waals surface area contributed by atoms with Crippen molar-refractivity contribution in [3.8, 4) is 11.5 Å². The van der Waals surface area contributed by atoms with E-state index in [1.54, 1.807) is 0 Å². The molecule has 1 aliphatic carbocycles. The maximum Gasteiger partial charge on any atom is 0.129 e. The Hall–Kier alpha value is -1.53. The number of benzene rings is 1. The van der Waals surface area contributed by atoms with Crippen molar-refractivity contribution in [3.05, 3.63) is 30.0 Å². The first-order valence-electron chi connectivity index (χ1n) is 6.53. The standard InChI is InChI=1S/C15H18N2Si/c1-18(2,3)9-8-12-4-5-13-11-17(14-6-7-14)16-15(13)10-12/h4-5,10-11,14H,6-7H2,1-3H3. The van der Waals surface area contributed by atoms with Crippen LogP contribution in [0, 0.1) is 11.5 Å². The van der Waals surface area contributed by atoms with Crippen LogP contribution in [-0.2, 0) is 0 Å². The molecule has 0 unspecified atom stereocenters. The Bertz CT molecular complexity index is 648. The molecule has 1 saturated carbocycles. The van der Waals surface area contributed by atoms with Crippen molar-refractivity contribution in [1.82, 2.24) is 9.78 Å². The molecule has 0 N–H and O–H groups in total. The van der Waals surface area contributed by atoms with Gasteiger partial charge in [0, 0.05) is 17.1 Å². The van der Waals surface area contributed by atoms with Crippen LogP contribution in [0.1, 0.15) is 24.4 Å². The first kappa shape index (κ1) is 11.6. The van der Waals surface area contributed by atoms with E-state index >= 15 is 0 Å². The lowest BCUT2D eigenvalue weighted by molar-refractivity contribution is 0.649. The fraction of sp³-hybridized carbons (Fsp3) is 0.400. The maximum absolute atomic E-state index is 4.64. The van der Waals surface area contributed by atoms with Gasteiger partial charge in [-0.2, -0.15) is 5.10 Å². The van der Waals surface area contributed by atoms with Gasteiger partial charge in [-0.15, -0.1) is 5.54 Å². The Morgan fingerprint density at radius 2 is 2.06 bits per heavy atom. The van der Waals surface area contributed by atoms with Gasteiger partial charge in [0.15, 0.2) is 0 Å². The summed E-state index contributed by atoms with van der Waals surface area (Å²) < 4.78 is 2.11. The van der Waals surface area contributed by atoms with Gasteiger partial charge in [-0.1, -0.05) is 25.6 Å². The van der Waals surface area contributed by atoms with Crippen LogP contribution < -0.4 is 0 Å². The van der Waals surface area contributed by atoms with Gasteiger partial charge in [-0.3, -0.25) is 4.68 Å². The average molecular weight is 254 g/mol. The highest BCUT2D eigenvalue weighted by Crippen LogP contribution is 2.35. The number of rotatable bonds is 1. The summed E-state index contributed by atoms with van der Waals surface area (Å²) in [6.07, 6.45) is 4.70. The average Bonchev–Trinajstić information content (AvgIpc) is 3.05. The zero-order valence-corrected chi connectivity index (χ0v) is 12.2. The molecular weight excluding hydrogens is 236 g/mol. The molecule has 2 nitrogen and oxygen atoms in total. The molecule has 0 aliphatic heterocycles. The summed E-state index contributed by atoms with van der Waals surface area (Å²) in [5.41, 5.74) is 5.56. The van der Waals surface area contributed by atoms with E-state index in [4.69, 9.17) is 0 Å². The van der Waals surface area contributed by atoms with Crippen molar-refractivity contribution in [1.29, 1.82) is 0 Å². The van der Waals surface area contributed by atoms with E-state index in [9.17, 15) is 0 Å². The number of aromatic nitrogens is 2. The lowest BCUT2D eigenvalue weighted by atomic mass is 10.2. The van der Waals surface area contributed by atoms with Gasteiger partial charge in [-0.05, 0) is 31.0 Å². The zero-order valence-electron chi connectivity index (χ0n) is 11.2. The van der Waals surface area contributed by atoms with Crippen molar-refractivity contribution >= 4 is 19.0 Å². The number of fused-ring (bicyclic) bond motifs is 1. The Kier molecular flexibility index (Phi) is 2.56. The Morgan fingerprint density at radius 3 is 2.72 bits per heavy atom. The second kappa shape index (κ2) is 3.99. The van der Waals surface area contributed by atoms with E-state index in [1.165, 1.54) is 18.2 Å². The van der Waals surface area contributed by atoms with Crippen LogP contribution in [0.2, 0.25) is 19.6 Å². The predicted octanol–water partition coefficient (Wildman–Crippen LogP) is 3.60. The van der Waals surface area contributed by atoms with Gasteiger partial charge >= 0.3 is 0 Å². The normalized spacial score (nSPS) is 15.5. The van der Waals surface area contributed by atoms with E-state index in [1.807, 2.05) is 0 Å². The minimum Gasteiger partial charge on any atom is -0.268 e. The summed E-state index contributed by atoms with van der Waals surface area (Å²) in [6, 6.07) is 7.00. The molecular formula is C15H18N2Si. The van der Waals surface area contributed by atoms with Crippen LogP contribution in [-0.4, -0.2) is 17.9 Å². The second-order valence-electron chi connectivity index (χ2n) is 6.11. The Balaban J connectivity index is 1.96. The third-order valence-corrected chi connectivity index (χ3v) is 3.90. The van der Waals surface area contributed by atoms with Crippen molar-refractivity contribution in [2.24, 2.45) is 0 Å². The molecule has 1 fully saturated rings. The van der Waals surface area contributed by atoms with Crippen LogP contribution in [0.4, 0.5) is 0 Å². The zero-order chi connectivity index (χ0) is 12.8. The van der Waals surface area contributed by atoms with E-state index in [0.29, 0.717) is 6.04 Å². The van der Waals surface area contributed by atoms with Gasteiger partial charge in [0.05, 0.1) is 11.6 Å². The minimum absolute atomic E-state index is 0.647. The third-order valence-electron chi connectivity index (χ3n) is 3.03. The van der Waals surface area contributed by atoms with Crippen molar-refractivity contribution in [2.75, 3.05) is 0 Å². The molecule has 0 saturated heterocycles. The number of hydrogen-bond acceptors (Lipinski definition) is 1. The monoisotopic (exact) mass is 254 g/mol. The predicted molar refractivity (Wildman–Crippen MR) is 78.2 cm³/mol. The van der Waals surface area contributed by atoms with E-state index in [-0.39, 0.29) is 0 Å². The quantitative estimate of drug-likeness (QED) is 0.561. The summed E-state index contributed by atoms with van der Waals surface area (Å²) in [5, 5.41) is 5.86. The minimum atomic E-state index is -1.30. The maximum atomic E-state index is 4.64. The van der Waals surface area contributed by atoms with E-state index < -0.39 is 8.07 Å². The SMILES string of the molecule is C[Si](C)(C)C#Cc1ccc2cn(C3CC3)nc2c1. The lowest BCUT2D eigenvalue weighted by Gasteiger charge is -2.03. The summed E-state index contributed by atoms with van der Waals surface area (Å²) in [6.45, 7) is 6.79. The summed E-state index contributed by atoms with van der Waals surface area (Å²) >= 11 is 0. The molecule has 0 radical (unpaired) electrons. The van der Waals surface area contributed by atoms with Crippen LogP contribution >= 0.6 is 0 Å². The van der Waals surface area contributed by atoms with Crippen molar-refractivity contribution in [2.45, 2.75) is 38.5 Å². The van der Waals surface area contributed by atoms with Gasteiger partial charge in [0.2, 0.25) is 0 Å². The van der Waals surface area contributed by atoms with Crippen LogP contribution in [0.3, 0.4) is 0 Å². The fourth-order valence-electron chi connectivity index (χ4n) is 1.90. The van der Waals surface area contributed by atoms with Gasteiger partial charge in [-0.25, -0.2) is 0 Å². The van der Waals surface area contributed by atoms with E-state index in [2.05, 4.69) is 65.3 Å². The largest absolute Gasteiger partial charge is 0.268 e. The molecule has 1 heterocycles. The first-order valence-corrected chi connectivity index (χ1v) is 10.0. The summed E-state index contributed by atoms with van der Waals surface area (Å²) in [4.78, 5) is 0. The summed E-state index contributed by atoms with van der Waals surface area (Å²) in [5.74, 6) is 3.29. The molecule has 3 heteroatoms. The van der Waals surface area contributed by atoms with E-state index in [0.717, 1.165) is 11.1 Å². The number of hydrogen-bond donors (Lipinski definition) is 0. The Labute approximate surface area is 109 Å². The molecule has 0 spiro atoms. The lowest BCUT2D eigenvalue weighted by Crippen LogP contribution is -2.16. The molecule has 0 bridgehead atoms. The smallest absolute Gasteiger partial charge is 0.129 e. The highest BCUT2D eigenvalue weighted by Gasteiger charge is 2.24. The molecule has 92 valence electrons. The molecule has 18 heavy (non-hydrogen) atoms. The highest BCUT2D eigenvalue weighted by molar-refractivity contribution is 6.83. The van der Waals surface area contributed by atoms with Crippen LogP contribution in [0.25, 0.3) is 10.9 Å². The topological polar surface area (TPSA) is 17.8 Å². The van der Waals surface area contributed by atoms with Crippen molar-refractivity contribution < 1.29 is 0 Å². The number of nitrogens with zero attached hydrogens (tertiary/aromatic N) is 2. The van der Waals surface area contributed by atoms with Crippen LogP contribution in [0.5, 0.6) is 0 Å². The van der Waals surface area contributed by atoms with Crippen LogP contribution in [0.15, 0.2) is 24.4 Å². The third kappa shape index (κ3) is 2.49. The molecule has 0 atom stereocenters. The molecule has 1 aliphatic rings. The van der Waals surface area contributed by atoms with Gasteiger partial charge in [0.25, 0.3) is 0 Å². The Morgan fingerprint density at radius 1 is 1.28 bits per heavy atom. The van der Waals surface area contributed by atoms with Crippen molar-refractivity contribution in [3.63, 3.8) is 0 Å². The first-order chi connectivity index (χ1) is 8.51. The molecule has 3 rings (SSSR count). The molecule has 0 amide bonds. The second-order valence-corrected chi connectivity index (χ2v) is 10.9. The molecule has 2 aromatic rings. The highest BCUT2D eigenvalue weighted by atomic mass is 28.3.